The third-order valence-corrected chi connectivity index (χ3v) is 3.31. The van der Waals surface area contributed by atoms with Gasteiger partial charge in [-0.25, -0.2) is 0 Å². The van der Waals surface area contributed by atoms with Crippen molar-refractivity contribution in [1.82, 2.24) is 10.3 Å². The zero-order chi connectivity index (χ0) is 15.9. The number of hydrogen-bond donors (Lipinski definition) is 2. The number of ketones is 1. The fourth-order valence-corrected chi connectivity index (χ4v) is 2.11. The summed E-state index contributed by atoms with van der Waals surface area (Å²) >= 11 is 0. The van der Waals surface area contributed by atoms with Gasteiger partial charge in [-0.05, 0) is 30.7 Å². The number of amides is 1. The van der Waals surface area contributed by atoms with Gasteiger partial charge in [0.25, 0.3) is 0 Å². The van der Waals surface area contributed by atoms with Crippen molar-refractivity contribution in [3.63, 3.8) is 0 Å². The van der Waals surface area contributed by atoms with Gasteiger partial charge in [-0.1, -0.05) is 24.3 Å². The number of aromatic nitrogens is 1. The third-order valence-electron chi connectivity index (χ3n) is 3.31. The highest BCUT2D eigenvalue weighted by atomic mass is 16.2. The van der Waals surface area contributed by atoms with Crippen LogP contribution in [-0.4, -0.2) is 29.3 Å². The van der Waals surface area contributed by atoms with E-state index in [9.17, 15) is 9.59 Å². The maximum Gasteiger partial charge on any atom is 0.224 e. The van der Waals surface area contributed by atoms with Gasteiger partial charge in [0.05, 0.1) is 24.7 Å². The van der Waals surface area contributed by atoms with Crippen molar-refractivity contribution in [2.45, 2.75) is 19.4 Å². The Balaban J connectivity index is 2.05. The molecule has 2 rings (SSSR count). The standard InChI is InChI=1S/C17H19N3O2/c1-12(16(21)11-18)20-17(22)10-13-5-4-6-14(9-13)15-7-2-3-8-19-15/h2-9,12H,10-11,18H2,1H3,(H,20,22). The van der Waals surface area contributed by atoms with E-state index in [1.807, 2.05) is 42.5 Å². The molecule has 5 nitrogen and oxygen atoms in total. The van der Waals surface area contributed by atoms with Crippen molar-refractivity contribution in [3.05, 3.63) is 54.2 Å². The zero-order valence-corrected chi connectivity index (χ0v) is 12.5. The van der Waals surface area contributed by atoms with Gasteiger partial charge >= 0.3 is 0 Å². The Bertz CT molecular complexity index is 656. The maximum absolute atomic E-state index is 12.0. The highest BCUT2D eigenvalue weighted by molar-refractivity contribution is 5.90. The fourth-order valence-electron chi connectivity index (χ4n) is 2.11. The number of carbonyl (C=O) groups excluding carboxylic acids is 2. The lowest BCUT2D eigenvalue weighted by Gasteiger charge is -2.12. The third kappa shape index (κ3) is 4.23. The molecular weight excluding hydrogens is 278 g/mol. The monoisotopic (exact) mass is 297 g/mol. The molecule has 0 fully saturated rings. The minimum atomic E-state index is -0.559. The lowest BCUT2D eigenvalue weighted by atomic mass is 10.0. The Hall–Kier alpha value is -2.53. The van der Waals surface area contributed by atoms with E-state index in [1.54, 1.807) is 13.1 Å². The Kier molecular flexibility index (Phi) is 5.38. The highest BCUT2D eigenvalue weighted by Crippen LogP contribution is 2.17. The van der Waals surface area contributed by atoms with Crippen molar-refractivity contribution in [2.75, 3.05) is 6.54 Å². The number of nitrogens with one attached hydrogen (secondary N) is 1. The van der Waals surface area contributed by atoms with Crippen molar-refractivity contribution in [1.29, 1.82) is 0 Å². The molecular formula is C17H19N3O2. The molecule has 0 bridgehead atoms. The van der Waals surface area contributed by atoms with Crippen LogP contribution in [0.2, 0.25) is 0 Å². The Morgan fingerprint density at radius 2 is 2.05 bits per heavy atom. The number of nitrogens with two attached hydrogens (primary N) is 1. The van der Waals surface area contributed by atoms with E-state index in [-0.39, 0.29) is 24.7 Å². The molecule has 22 heavy (non-hydrogen) atoms. The van der Waals surface area contributed by atoms with Gasteiger partial charge in [0.15, 0.2) is 5.78 Å². The number of Topliss-reactive ketones (excluding diaryl/α,β-unsaturated/α-hetero) is 1. The van der Waals surface area contributed by atoms with Gasteiger partial charge in [-0.3, -0.25) is 14.6 Å². The van der Waals surface area contributed by atoms with Crippen LogP contribution in [-0.2, 0) is 16.0 Å². The predicted octanol–water partition coefficient (Wildman–Crippen LogP) is 1.32. The average molecular weight is 297 g/mol. The van der Waals surface area contributed by atoms with E-state index in [0.29, 0.717) is 0 Å². The number of rotatable bonds is 6. The number of benzene rings is 1. The number of hydrogen-bond acceptors (Lipinski definition) is 4. The second kappa shape index (κ2) is 7.47. The van der Waals surface area contributed by atoms with E-state index in [0.717, 1.165) is 16.8 Å². The molecule has 1 atom stereocenters. The molecule has 114 valence electrons. The molecule has 2 aromatic rings. The summed E-state index contributed by atoms with van der Waals surface area (Å²) < 4.78 is 0. The van der Waals surface area contributed by atoms with Crippen LogP contribution in [0.4, 0.5) is 0 Å². The first-order valence-electron chi connectivity index (χ1n) is 7.12. The largest absolute Gasteiger partial charge is 0.346 e. The van der Waals surface area contributed by atoms with Gasteiger partial charge in [0.1, 0.15) is 0 Å². The van der Waals surface area contributed by atoms with Gasteiger partial charge in [-0.2, -0.15) is 0 Å². The molecule has 1 unspecified atom stereocenters. The molecule has 0 spiro atoms. The summed E-state index contributed by atoms with van der Waals surface area (Å²) in [6.07, 6.45) is 1.94. The SMILES string of the molecule is CC(NC(=O)Cc1cccc(-c2ccccn2)c1)C(=O)CN. The van der Waals surface area contributed by atoms with E-state index in [4.69, 9.17) is 5.73 Å². The van der Waals surface area contributed by atoms with Crippen molar-refractivity contribution in [3.8, 4) is 11.3 Å². The van der Waals surface area contributed by atoms with Gasteiger partial charge < -0.3 is 11.1 Å². The highest BCUT2D eigenvalue weighted by Gasteiger charge is 2.14. The van der Waals surface area contributed by atoms with E-state index in [1.165, 1.54) is 0 Å². The van der Waals surface area contributed by atoms with Crippen LogP contribution in [0.1, 0.15) is 12.5 Å². The molecule has 1 heterocycles. The topological polar surface area (TPSA) is 85.1 Å². The van der Waals surface area contributed by atoms with Crippen LogP contribution < -0.4 is 11.1 Å². The molecule has 0 saturated heterocycles. The molecule has 0 radical (unpaired) electrons. The molecule has 0 saturated carbocycles. The van der Waals surface area contributed by atoms with Gasteiger partial charge in [0, 0.05) is 11.8 Å². The summed E-state index contributed by atoms with van der Waals surface area (Å²) in [6, 6.07) is 12.8. The Morgan fingerprint density at radius 3 is 2.73 bits per heavy atom. The van der Waals surface area contributed by atoms with E-state index in [2.05, 4.69) is 10.3 Å². The predicted molar refractivity (Wildman–Crippen MR) is 85.0 cm³/mol. The molecule has 0 aliphatic heterocycles. The van der Waals surface area contributed by atoms with E-state index < -0.39 is 6.04 Å². The van der Waals surface area contributed by atoms with Crippen LogP contribution in [0.3, 0.4) is 0 Å². The molecule has 0 aliphatic rings. The summed E-state index contributed by atoms with van der Waals surface area (Å²) in [5.41, 5.74) is 7.96. The number of nitrogens with zero attached hydrogens (tertiary/aromatic N) is 1. The van der Waals surface area contributed by atoms with Crippen LogP contribution in [0, 0.1) is 0 Å². The first-order chi connectivity index (χ1) is 10.6. The lowest BCUT2D eigenvalue weighted by Crippen LogP contribution is -2.42. The first-order valence-corrected chi connectivity index (χ1v) is 7.12. The second-order valence-electron chi connectivity index (χ2n) is 5.05. The number of pyridine rings is 1. The normalized spacial score (nSPS) is 11.7. The Labute approximate surface area is 129 Å². The quantitative estimate of drug-likeness (QED) is 0.842. The molecule has 3 N–H and O–H groups in total. The van der Waals surface area contributed by atoms with Crippen molar-refractivity contribution >= 4 is 11.7 Å². The summed E-state index contributed by atoms with van der Waals surface area (Å²) in [5.74, 6) is -0.386. The first kappa shape index (κ1) is 15.9. The zero-order valence-electron chi connectivity index (χ0n) is 12.5. The van der Waals surface area contributed by atoms with Gasteiger partial charge in [-0.15, -0.1) is 0 Å². The minimum absolute atomic E-state index is 0.0728. The minimum Gasteiger partial charge on any atom is -0.346 e. The smallest absolute Gasteiger partial charge is 0.224 e. The van der Waals surface area contributed by atoms with Crippen LogP contribution in [0.25, 0.3) is 11.3 Å². The summed E-state index contributed by atoms with van der Waals surface area (Å²) in [6.45, 7) is 1.56. The molecule has 0 aliphatic carbocycles. The molecule has 1 aromatic carbocycles. The second-order valence-corrected chi connectivity index (χ2v) is 5.05. The van der Waals surface area contributed by atoms with Crippen molar-refractivity contribution in [2.24, 2.45) is 5.73 Å². The van der Waals surface area contributed by atoms with Crippen LogP contribution in [0.15, 0.2) is 48.7 Å². The Morgan fingerprint density at radius 1 is 1.23 bits per heavy atom. The fraction of sp³-hybridized carbons (Fsp3) is 0.235. The number of carbonyl (C=O) groups is 2. The summed E-state index contributed by atoms with van der Waals surface area (Å²) in [5, 5.41) is 2.65. The lowest BCUT2D eigenvalue weighted by molar-refractivity contribution is -0.126. The van der Waals surface area contributed by atoms with E-state index >= 15 is 0 Å². The maximum atomic E-state index is 12.0. The summed E-state index contributed by atoms with van der Waals surface area (Å²) in [7, 11) is 0. The van der Waals surface area contributed by atoms with Crippen molar-refractivity contribution < 1.29 is 9.59 Å². The molecule has 1 amide bonds. The average Bonchev–Trinajstić information content (AvgIpc) is 2.55. The van der Waals surface area contributed by atoms with Gasteiger partial charge in [0.2, 0.25) is 5.91 Å². The molecule has 5 heteroatoms. The summed E-state index contributed by atoms with van der Waals surface area (Å²) in [4.78, 5) is 27.7. The molecule has 1 aromatic heterocycles. The van der Waals surface area contributed by atoms with Crippen LogP contribution >= 0.6 is 0 Å². The van der Waals surface area contributed by atoms with Crippen LogP contribution in [0.5, 0.6) is 0 Å².